The van der Waals surface area contributed by atoms with Crippen LogP contribution in [0.15, 0.2) is 24.3 Å². The fraction of sp³-hybridized carbons (Fsp3) is 0.467. The lowest BCUT2D eigenvalue weighted by Gasteiger charge is -2.20. The number of carbonyl (C=O) groups excluding carboxylic acids is 1. The van der Waals surface area contributed by atoms with E-state index in [1.807, 2.05) is 6.92 Å². The minimum absolute atomic E-state index is 0.258. The summed E-state index contributed by atoms with van der Waals surface area (Å²) in [7, 11) is 1.52. The molecule has 1 aromatic rings. The van der Waals surface area contributed by atoms with Gasteiger partial charge in [-0.1, -0.05) is 25.5 Å². The molecule has 116 valence electrons. The number of nitrogens with two attached hydrogens (primary N) is 1. The van der Waals surface area contributed by atoms with E-state index in [1.165, 1.54) is 7.11 Å². The van der Waals surface area contributed by atoms with Gasteiger partial charge in [-0.2, -0.15) is 0 Å². The van der Waals surface area contributed by atoms with E-state index < -0.39 is 23.9 Å². The number of ether oxygens (including phenoxy) is 2. The predicted octanol–water partition coefficient (Wildman–Crippen LogP) is 1.53. The van der Waals surface area contributed by atoms with E-state index in [4.69, 9.17) is 20.3 Å². The van der Waals surface area contributed by atoms with E-state index in [9.17, 15) is 9.59 Å². The van der Waals surface area contributed by atoms with Crippen molar-refractivity contribution >= 4 is 11.9 Å². The second-order valence-corrected chi connectivity index (χ2v) is 4.64. The van der Waals surface area contributed by atoms with Crippen molar-refractivity contribution in [1.29, 1.82) is 0 Å². The summed E-state index contributed by atoms with van der Waals surface area (Å²) in [5.74, 6) is -2.29. The molecule has 2 unspecified atom stereocenters. The van der Waals surface area contributed by atoms with Gasteiger partial charge in [0.15, 0.2) is 0 Å². The number of methoxy groups -OCH3 is 1. The monoisotopic (exact) mass is 295 g/mol. The number of benzene rings is 1. The Morgan fingerprint density at radius 1 is 1.29 bits per heavy atom. The lowest BCUT2D eigenvalue weighted by Crippen LogP contribution is -2.41. The highest BCUT2D eigenvalue weighted by molar-refractivity contribution is 5.87. The first kappa shape index (κ1) is 17.0. The molecule has 0 heterocycles. The molecule has 0 radical (unpaired) electrons. The Balaban J connectivity index is 2.95. The van der Waals surface area contributed by atoms with Crippen molar-refractivity contribution in [2.24, 2.45) is 5.73 Å². The maximum Gasteiger partial charge on any atom is 0.321 e. The van der Waals surface area contributed by atoms with Crippen molar-refractivity contribution in [2.75, 3.05) is 13.7 Å². The molecule has 6 heteroatoms. The van der Waals surface area contributed by atoms with E-state index in [0.29, 0.717) is 11.3 Å². The first-order valence-corrected chi connectivity index (χ1v) is 6.80. The molecule has 0 aliphatic rings. The number of esters is 1. The fourth-order valence-corrected chi connectivity index (χ4v) is 1.85. The SMILES string of the molecule is CCCCOC(=O)C(c1ccc(OC)cc1)C(N)C(=O)O. The normalized spacial score (nSPS) is 13.3. The van der Waals surface area contributed by atoms with Crippen LogP contribution in [0.4, 0.5) is 0 Å². The van der Waals surface area contributed by atoms with Gasteiger partial charge in [0.1, 0.15) is 17.7 Å². The number of unbranched alkanes of at least 4 members (excludes halogenated alkanes) is 1. The molecule has 1 aromatic carbocycles. The number of carbonyl (C=O) groups is 2. The second kappa shape index (κ2) is 8.26. The second-order valence-electron chi connectivity index (χ2n) is 4.64. The van der Waals surface area contributed by atoms with Gasteiger partial charge < -0.3 is 20.3 Å². The third kappa shape index (κ3) is 4.75. The van der Waals surface area contributed by atoms with Crippen molar-refractivity contribution in [2.45, 2.75) is 31.7 Å². The Morgan fingerprint density at radius 3 is 2.38 bits per heavy atom. The van der Waals surface area contributed by atoms with E-state index in [2.05, 4.69) is 0 Å². The lowest BCUT2D eigenvalue weighted by atomic mass is 9.92. The molecule has 1 rings (SSSR count). The number of aliphatic carboxylic acids is 1. The zero-order valence-electron chi connectivity index (χ0n) is 12.2. The molecule has 21 heavy (non-hydrogen) atoms. The average molecular weight is 295 g/mol. The topological polar surface area (TPSA) is 98.9 Å². The molecule has 0 saturated heterocycles. The third-order valence-electron chi connectivity index (χ3n) is 3.12. The number of carboxylic acids is 1. The summed E-state index contributed by atoms with van der Waals surface area (Å²) in [6.07, 6.45) is 1.61. The molecule has 0 spiro atoms. The van der Waals surface area contributed by atoms with Crippen LogP contribution >= 0.6 is 0 Å². The standard InChI is InChI=1S/C15H21NO5/c1-3-4-9-21-15(19)12(13(16)14(17)18)10-5-7-11(20-2)8-6-10/h5-8,12-13H,3-4,9,16H2,1-2H3,(H,17,18). The summed E-state index contributed by atoms with van der Waals surface area (Å²) in [6, 6.07) is 5.18. The van der Waals surface area contributed by atoms with Crippen LogP contribution < -0.4 is 10.5 Å². The van der Waals surface area contributed by atoms with E-state index in [-0.39, 0.29) is 6.61 Å². The zero-order valence-corrected chi connectivity index (χ0v) is 12.2. The molecule has 0 aliphatic heterocycles. The molecule has 0 aromatic heterocycles. The smallest absolute Gasteiger partial charge is 0.321 e. The van der Waals surface area contributed by atoms with Crippen LogP contribution in [0.5, 0.6) is 5.75 Å². The maximum atomic E-state index is 12.1. The summed E-state index contributed by atoms with van der Waals surface area (Å²) in [5, 5.41) is 9.08. The molecule has 0 aliphatic carbocycles. The van der Waals surface area contributed by atoms with Crippen LogP contribution in [-0.2, 0) is 14.3 Å². The number of hydrogen-bond donors (Lipinski definition) is 2. The van der Waals surface area contributed by atoms with Gasteiger partial charge in [0.25, 0.3) is 0 Å². The maximum absolute atomic E-state index is 12.1. The van der Waals surface area contributed by atoms with Gasteiger partial charge in [-0.25, -0.2) is 0 Å². The summed E-state index contributed by atoms with van der Waals surface area (Å²) in [4.78, 5) is 23.2. The average Bonchev–Trinajstić information content (AvgIpc) is 2.48. The molecule has 3 N–H and O–H groups in total. The molecule has 0 fully saturated rings. The van der Waals surface area contributed by atoms with Crippen LogP contribution in [-0.4, -0.2) is 36.8 Å². The molecule has 0 bridgehead atoms. The van der Waals surface area contributed by atoms with Crippen LogP contribution in [0.3, 0.4) is 0 Å². The molecule has 0 saturated carbocycles. The summed E-state index contributed by atoms with van der Waals surface area (Å²) >= 11 is 0. The minimum Gasteiger partial charge on any atom is -0.497 e. The van der Waals surface area contributed by atoms with Gasteiger partial charge in [-0.05, 0) is 24.1 Å². The summed E-state index contributed by atoms with van der Waals surface area (Å²) < 4.78 is 10.1. The van der Waals surface area contributed by atoms with Crippen LogP contribution in [0.1, 0.15) is 31.2 Å². The summed E-state index contributed by atoms with van der Waals surface area (Å²) in [5.41, 5.74) is 6.13. The van der Waals surface area contributed by atoms with Crippen LogP contribution in [0.2, 0.25) is 0 Å². The molecular formula is C15H21NO5. The highest BCUT2D eigenvalue weighted by Crippen LogP contribution is 2.23. The Kier molecular flexibility index (Phi) is 6.68. The lowest BCUT2D eigenvalue weighted by molar-refractivity contribution is -0.151. The number of rotatable bonds is 8. The highest BCUT2D eigenvalue weighted by Gasteiger charge is 2.33. The van der Waals surface area contributed by atoms with Crippen LogP contribution in [0, 0.1) is 0 Å². The zero-order chi connectivity index (χ0) is 15.8. The third-order valence-corrected chi connectivity index (χ3v) is 3.12. The van der Waals surface area contributed by atoms with E-state index in [1.54, 1.807) is 24.3 Å². The summed E-state index contributed by atoms with van der Waals surface area (Å²) in [6.45, 7) is 2.23. The van der Waals surface area contributed by atoms with Gasteiger partial charge in [0.2, 0.25) is 0 Å². The first-order valence-electron chi connectivity index (χ1n) is 6.80. The fourth-order valence-electron chi connectivity index (χ4n) is 1.85. The largest absolute Gasteiger partial charge is 0.497 e. The Bertz CT molecular complexity index is 471. The van der Waals surface area contributed by atoms with E-state index >= 15 is 0 Å². The molecule has 2 atom stereocenters. The van der Waals surface area contributed by atoms with Crippen molar-refractivity contribution in [3.8, 4) is 5.75 Å². The van der Waals surface area contributed by atoms with Crippen molar-refractivity contribution in [1.82, 2.24) is 0 Å². The molecular weight excluding hydrogens is 274 g/mol. The number of hydrogen-bond acceptors (Lipinski definition) is 5. The van der Waals surface area contributed by atoms with Crippen molar-refractivity contribution in [3.05, 3.63) is 29.8 Å². The first-order chi connectivity index (χ1) is 10.0. The van der Waals surface area contributed by atoms with Gasteiger partial charge >= 0.3 is 11.9 Å². The van der Waals surface area contributed by atoms with E-state index in [0.717, 1.165) is 12.8 Å². The van der Waals surface area contributed by atoms with Gasteiger partial charge in [-0.15, -0.1) is 0 Å². The highest BCUT2D eigenvalue weighted by atomic mass is 16.5. The molecule has 6 nitrogen and oxygen atoms in total. The van der Waals surface area contributed by atoms with Gasteiger partial charge in [0, 0.05) is 0 Å². The predicted molar refractivity (Wildman–Crippen MR) is 77.2 cm³/mol. The van der Waals surface area contributed by atoms with Gasteiger partial charge in [0.05, 0.1) is 13.7 Å². The quantitative estimate of drug-likeness (QED) is 0.557. The Morgan fingerprint density at radius 2 is 1.90 bits per heavy atom. The Hall–Kier alpha value is -2.08. The van der Waals surface area contributed by atoms with Crippen molar-refractivity contribution < 1.29 is 24.2 Å². The van der Waals surface area contributed by atoms with Crippen molar-refractivity contribution in [3.63, 3.8) is 0 Å². The van der Waals surface area contributed by atoms with Gasteiger partial charge in [-0.3, -0.25) is 9.59 Å². The Labute approximate surface area is 123 Å². The number of carboxylic acid groups (broad SMARTS) is 1. The van der Waals surface area contributed by atoms with Crippen LogP contribution in [0.25, 0.3) is 0 Å². The minimum atomic E-state index is -1.35. The molecule has 0 amide bonds.